The molecule has 2 fully saturated rings. The Morgan fingerprint density at radius 1 is 1.00 bits per heavy atom. The van der Waals surface area contributed by atoms with Crippen LogP contribution in [0.1, 0.15) is 66.7 Å². The topological polar surface area (TPSA) is 154 Å². The van der Waals surface area contributed by atoms with Gasteiger partial charge in [0.1, 0.15) is 24.2 Å². The molecule has 3 N–H and O–H groups in total. The van der Waals surface area contributed by atoms with Gasteiger partial charge in [0.2, 0.25) is 23.6 Å². The Balaban J connectivity index is 2.46. The molecule has 0 aromatic carbocycles. The highest BCUT2D eigenvalue weighted by atomic mass is 16.5. The lowest BCUT2D eigenvalue weighted by atomic mass is 9.95. The third-order valence-corrected chi connectivity index (χ3v) is 7.73. The van der Waals surface area contributed by atoms with Crippen LogP contribution >= 0.6 is 0 Å². The third kappa shape index (κ3) is 8.04. The lowest BCUT2D eigenvalue weighted by Crippen LogP contribution is -2.60. The van der Waals surface area contributed by atoms with Crippen LogP contribution in [0.2, 0.25) is 0 Å². The summed E-state index contributed by atoms with van der Waals surface area (Å²) in [7, 11) is 1.47. The van der Waals surface area contributed by atoms with Crippen LogP contribution < -0.4 is 16.0 Å². The summed E-state index contributed by atoms with van der Waals surface area (Å²) in [6, 6.07) is -3.64. The number of carbonyl (C=O) groups excluding carboxylic acids is 6. The van der Waals surface area contributed by atoms with Crippen molar-refractivity contribution in [3.8, 4) is 0 Å². The number of nitrogens with zero attached hydrogens (tertiary/aromatic N) is 2. The molecule has 0 aromatic rings. The van der Waals surface area contributed by atoms with Crippen molar-refractivity contribution in [2.24, 2.45) is 11.8 Å². The lowest BCUT2D eigenvalue weighted by Gasteiger charge is -2.33. The van der Waals surface area contributed by atoms with E-state index in [1.165, 1.54) is 22.9 Å². The van der Waals surface area contributed by atoms with Gasteiger partial charge in [-0.2, -0.15) is 0 Å². The molecule has 2 saturated heterocycles. The van der Waals surface area contributed by atoms with Crippen molar-refractivity contribution in [1.29, 1.82) is 0 Å². The first-order valence-electron chi connectivity index (χ1n) is 14.1. The van der Waals surface area contributed by atoms with Crippen LogP contribution in [0, 0.1) is 11.8 Å². The van der Waals surface area contributed by atoms with Gasteiger partial charge in [-0.05, 0) is 31.6 Å². The zero-order chi connectivity index (χ0) is 30.1. The predicted octanol–water partition coefficient (Wildman–Crippen LogP) is 0.504. The van der Waals surface area contributed by atoms with Crippen LogP contribution in [-0.2, 0) is 33.5 Å². The van der Waals surface area contributed by atoms with Gasteiger partial charge in [0.15, 0.2) is 6.10 Å². The van der Waals surface area contributed by atoms with Gasteiger partial charge >= 0.3 is 5.97 Å². The van der Waals surface area contributed by atoms with Crippen LogP contribution in [0.25, 0.3) is 0 Å². The maximum absolute atomic E-state index is 13.5. The van der Waals surface area contributed by atoms with Crippen molar-refractivity contribution in [3.63, 3.8) is 0 Å². The molecular formula is C28H45N5O7. The van der Waals surface area contributed by atoms with Crippen LogP contribution in [0.5, 0.6) is 0 Å². The summed E-state index contributed by atoms with van der Waals surface area (Å²) < 4.78 is 5.43. The van der Waals surface area contributed by atoms with Gasteiger partial charge < -0.3 is 30.5 Å². The molecule has 224 valence electrons. The van der Waals surface area contributed by atoms with Crippen LogP contribution in [0.15, 0.2) is 12.7 Å². The van der Waals surface area contributed by atoms with Gasteiger partial charge in [0.05, 0.1) is 6.42 Å². The first-order valence-corrected chi connectivity index (χ1v) is 14.1. The monoisotopic (exact) mass is 563 g/mol. The molecule has 0 aliphatic carbocycles. The first-order chi connectivity index (χ1) is 18.8. The highest BCUT2D eigenvalue weighted by Crippen LogP contribution is 2.22. The average molecular weight is 564 g/mol. The summed E-state index contributed by atoms with van der Waals surface area (Å²) in [5.74, 6) is -3.75. The molecule has 0 saturated carbocycles. The highest BCUT2D eigenvalue weighted by molar-refractivity contribution is 5.96. The molecule has 5 amide bonds. The molecule has 6 atom stereocenters. The van der Waals surface area contributed by atoms with E-state index < -0.39 is 65.8 Å². The van der Waals surface area contributed by atoms with E-state index in [0.29, 0.717) is 25.8 Å². The van der Waals surface area contributed by atoms with E-state index in [9.17, 15) is 28.8 Å². The number of amides is 5. The molecule has 0 bridgehead atoms. The van der Waals surface area contributed by atoms with E-state index in [1.807, 2.05) is 13.8 Å². The minimum absolute atomic E-state index is 0.0558. The second kappa shape index (κ2) is 14.8. The summed E-state index contributed by atoms with van der Waals surface area (Å²) in [5.41, 5.74) is 0. The molecule has 2 aliphatic rings. The molecular weight excluding hydrogens is 518 g/mol. The molecule has 0 radical (unpaired) electrons. The number of cyclic esters (lactones) is 1. The van der Waals surface area contributed by atoms with Crippen molar-refractivity contribution < 1.29 is 33.5 Å². The normalized spacial score (nSPS) is 28.9. The van der Waals surface area contributed by atoms with Crippen molar-refractivity contribution >= 4 is 35.5 Å². The summed E-state index contributed by atoms with van der Waals surface area (Å²) in [6.07, 6.45) is 1.69. The number of hydrogen-bond donors (Lipinski definition) is 3. The van der Waals surface area contributed by atoms with Gasteiger partial charge in [-0.3, -0.25) is 28.8 Å². The van der Waals surface area contributed by atoms with E-state index in [1.54, 1.807) is 20.8 Å². The van der Waals surface area contributed by atoms with Crippen LogP contribution in [0.4, 0.5) is 0 Å². The third-order valence-electron chi connectivity index (χ3n) is 7.73. The van der Waals surface area contributed by atoms with E-state index in [0.717, 1.165) is 0 Å². The summed E-state index contributed by atoms with van der Waals surface area (Å²) in [6.45, 7) is 12.7. The molecule has 0 spiro atoms. The zero-order valence-corrected chi connectivity index (χ0v) is 24.5. The standard InChI is InChI=1S/C28H45N5O7/c1-8-11-20-27(38)33-15-10-12-19(33)25(36)31-23(17(5)9-2)26(37)30-22(16(3)4)28(39)32(7)18(6)24(35)29-14-13-21(34)40-20/h8,16-20,22-23H,1,9-15H2,2-7H3,(H,29,35)(H,30,37)(H,31,36)/t17-,18-,19-,20+,22-,23-/m0/s1. The van der Waals surface area contributed by atoms with Crippen LogP contribution in [-0.4, -0.2) is 95.7 Å². The Hall–Kier alpha value is -3.44. The van der Waals surface area contributed by atoms with E-state index in [2.05, 4.69) is 22.5 Å². The highest BCUT2D eigenvalue weighted by Gasteiger charge is 2.41. The summed E-state index contributed by atoms with van der Waals surface area (Å²) in [4.78, 5) is 81.7. The largest absolute Gasteiger partial charge is 0.452 e. The quantitative estimate of drug-likeness (QED) is 0.325. The fourth-order valence-electron chi connectivity index (χ4n) is 4.79. The molecule has 0 unspecified atom stereocenters. The number of ether oxygens (including phenoxy) is 1. The molecule has 2 rings (SSSR count). The molecule has 40 heavy (non-hydrogen) atoms. The SMILES string of the molecule is C=CC[C@H]1OC(=O)CCNC(=O)[C@H](C)N(C)C(=O)[C@H](C(C)C)NC(=O)[C@H]([C@@H](C)CC)NC(=O)[C@@H]2CCCN2C1=O. The zero-order valence-electron chi connectivity index (χ0n) is 24.5. The number of fused-ring (bicyclic) bond motifs is 1. The minimum atomic E-state index is -1.17. The van der Waals surface area contributed by atoms with Crippen LogP contribution in [0.3, 0.4) is 0 Å². The molecule has 2 heterocycles. The smallest absolute Gasteiger partial charge is 0.308 e. The van der Waals surface area contributed by atoms with Gasteiger partial charge in [-0.1, -0.05) is 40.2 Å². The Morgan fingerprint density at radius 3 is 2.25 bits per heavy atom. The van der Waals surface area contributed by atoms with E-state index in [4.69, 9.17) is 4.74 Å². The lowest BCUT2D eigenvalue weighted by molar-refractivity contribution is -0.161. The van der Waals surface area contributed by atoms with Crippen molar-refractivity contribution in [2.45, 2.75) is 97.0 Å². The maximum Gasteiger partial charge on any atom is 0.308 e. The second-order valence-electron chi connectivity index (χ2n) is 11.0. The van der Waals surface area contributed by atoms with E-state index in [-0.39, 0.29) is 31.2 Å². The first kappa shape index (κ1) is 32.8. The second-order valence-corrected chi connectivity index (χ2v) is 11.0. The summed E-state index contributed by atoms with van der Waals surface area (Å²) in [5, 5.41) is 8.24. The molecule has 12 heteroatoms. The van der Waals surface area contributed by atoms with Gasteiger partial charge in [0.25, 0.3) is 5.91 Å². The van der Waals surface area contributed by atoms with Gasteiger partial charge in [-0.25, -0.2) is 0 Å². The Kier molecular flexibility index (Phi) is 12.1. The van der Waals surface area contributed by atoms with Crippen molar-refractivity contribution in [3.05, 3.63) is 12.7 Å². The minimum Gasteiger partial charge on any atom is -0.452 e. The summed E-state index contributed by atoms with van der Waals surface area (Å²) >= 11 is 0. The number of hydrogen-bond acceptors (Lipinski definition) is 7. The number of esters is 1. The van der Waals surface area contributed by atoms with E-state index >= 15 is 0 Å². The fraction of sp³-hybridized carbons (Fsp3) is 0.714. The number of nitrogens with one attached hydrogen (secondary N) is 3. The maximum atomic E-state index is 13.5. The molecule has 12 nitrogen and oxygen atoms in total. The van der Waals surface area contributed by atoms with Crippen molar-refractivity contribution in [2.75, 3.05) is 20.1 Å². The number of likely N-dealkylation sites (N-methyl/N-ethyl adjacent to an activating group) is 1. The van der Waals surface area contributed by atoms with Gasteiger partial charge in [0, 0.05) is 26.6 Å². The Labute approximate surface area is 236 Å². The number of carbonyl (C=O) groups is 6. The fourth-order valence-corrected chi connectivity index (χ4v) is 4.79. The number of rotatable bonds is 5. The average Bonchev–Trinajstić information content (AvgIpc) is 3.41. The Bertz CT molecular complexity index is 984. The Morgan fingerprint density at radius 2 is 1.65 bits per heavy atom. The molecule has 2 aliphatic heterocycles. The van der Waals surface area contributed by atoms with Gasteiger partial charge in [-0.15, -0.1) is 6.58 Å². The molecule has 0 aromatic heterocycles. The predicted molar refractivity (Wildman–Crippen MR) is 147 cm³/mol. The van der Waals surface area contributed by atoms with Crippen molar-refractivity contribution in [1.82, 2.24) is 25.8 Å².